The van der Waals surface area contributed by atoms with Crippen LogP contribution in [0, 0.1) is 13.8 Å². The van der Waals surface area contributed by atoms with E-state index >= 15 is 0 Å². The van der Waals surface area contributed by atoms with E-state index in [0.717, 1.165) is 46.3 Å². The number of nitrogens with zero attached hydrogens (tertiary/aromatic N) is 3. The van der Waals surface area contributed by atoms with Crippen LogP contribution in [0.5, 0.6) is 0 Å². The molecule has 25 heavy (non-hydrogen) atoms. The number of carbonyl (C=O) groups excluding carboxylic acids is 1. The van der Waals surface area contributed by atoms with E-state index < -0.39 is 0 Å². The molecule has 126 valence electrons. The monoisotopic (exact) mass is 350 g/mol. The van der Waals surface area contributed by atoms with Crippen LogP contribution in [0.3, 0.4) is 0 Å². The summed E-state index contributed by atoms with van der Waals surface area (Å²) in [6.45, 7) is 3.88. The minimum atomic E-state index is -0.209. The van der Waals surface area contributed by atoms with Crippen molar-refractivity contribution in [2.45, 2.75) is 32.6 Å². The third kappa shape index (κ3) is 3.58. The molecule has 0 saturated heterocycles. The minimum absolute atomic E-state index is 0.209. The fourth-order valence-electron chi connectivity index (χ4n) is 2.68. The van der Waals surface area contributed by atoms with Crippen LogP contribution in [-0.4, -0.2) is 20.9 Å². The molecule has 0 atom stereocenters. The number of hydrogen-bond donors (Lipinski definition) is 1. The summed E-state index contributed by atoms with van der Waals surface area (Å²) in [7, 11) is 0. The molecule has 6 heteroatoms. The van der Waals surface area contributed by atoms with Crippen LogP contribution < -0.4 is 5.32 Å². The Kier molecular flexibility index (Phi) is 4.05. The Morgan fingerprint density at radius 1 is 1.16 bits per heavy atom. The summed E-state index contributed by atoms with van der Waals surface area (Å²) in [6, 6.07) is 9.44. The molecule has 1 N–H and O–H groups in total. The summed E-state index contributed by atoms with van der Waals surface area (Å²) in [5.74, 6) is 0.999. The van der Waals surface area contributed by atoms with Gasteiger partial charge >= 0.3 is 0 Å². The number of aromatic nitrogens is 3. The topological polar surface area (TPSA) is 67.8 Å². The first-order valence-electron chi connectivity index (χ1n) is 8.28. The normalized spacial score (nSPS) is 13.7. The molecule has 4 rings (SSSR count). The zero-order valence-corrected chi connectivity index (χ0v) is 14.9. The molecule has 0 unspecified atom stereocenters. The van der Waals surface area contributed by atoms with Crippen molar-refractivity contribution in [3.63, 3.8) is 0 Å². The molecule has 1 fully saturated rings. The van der Waals surface area contributed by atoms with Crippen LogP contribution in [0.25, 0.3) is 11.3 Å². The molecule has 0 radical (unpaired) electrons. The molecule has 0 spiro atoms. The quantitative estimate of drug-likeness (QED) is 0.760. The summed E-state index contributed by atoms with van der Waals surface area (Å²) in [5, 5.41) is 5.98. The van der Waals surface area contributed by atoms with Crippen LogP contribution in [0.15, 0.2) is 35.7 Å². The zero-order chi connectivity index (χ0) is 17.4. The van der Waals surface area contributed by atoms with Gasteiger partial charge in [0.1, 0.15) is 11.5 Å². The first kappa shape index (κ1) is 15.9. The maximum Gasteiger partial charge on any atom is 0.274 e. The number of rotatable bonds is 4. The number of aryl methyl sites for hydroxylation is 2. The lowest BCUT2D eigenvalue weighted by Gasteiger charge is -2.08. The summed E-state index contributed by atoms with van der Waals surface area (Å²) >= 11 is 1.61. The number of anilines is 1. The van der Waals surface area contributed by atoms with Gasteiger partial charge in [0.2, 0.25) is 0 Å². The molecule has 1 amide bonds. The smallest absolute Gasteiger partial charge is 0.274 e. The predicted octanol–water partition coefficient (Wildman–Crippen LogP) is 4.35. The highest BCUT2D eigenvalue weighted by Gasteiger charge is 2.27. The Balaban J connectivity index is 1.57. The highest BCUT2D eigenvalue weighted by Crippen LogP contribution is 2.38. The van der Waals surface area contributed by atoms with Crippen molar-refractivity contribution in [1.29, 1.82) is 0 Å². The number of hydrogen-bond acceptors (Lipinski definition) is 5. The summed E-state index contributed by atoms with van der Waals surface area (Å²) in [6.07, 6.45) is 2.22. The van der Waals surface area contributed by atoms with Gasteiger partial charge in [0.15, 0.2) is 0 Å². The Hall–Kier alpha value is -2.60. The van der Waals surface area contributed by atoms with E-state index in [1.807, 2.05) is 43.5 Å². The van der Waals surface area contributed by atoms with Gasteiger partial charge in [-0.25, -0.2) is 15.0 Å². The number of carbonyl (C=O) groups is 1. The first-order chi connectivity index (χ1) is 12.1. The standard InChI is InChI=1S/C19H18N4OS/c1-11-8-16(23-18(20-11)13-6-7-13)19(24)22-15-5-3-4-14(9-15)17-10-25-12(2)21-17/h3-5,8-10,13H,6-7H2,1-2H3,(H,22,24). The SMILES string of the molecule is Cc1cc(C(=O)Nc2cccc(-c3csc(C)n3)c2)nc(C2CC2)n1. The largest absolute Gasteiger partial charge is 0.321 e. The van der Waals surface area contributed by atoms with E-state index in [4.69, 9.17) is 0 Å². The van der Waals surface area contributed by atoms with Gasteiger partial charge in [0, 0.05) is 28.2 Å². The lowest BCUT2D eigenvalue weighted by Crippen LogP contribution is -2.15. The Labute approximate surface area is 150 Å². The van der Waals surface area contributed by atoms with Crippen molar-refractivity contribution in [3.8, 4) is 11.3 Å². The van der Waals surface area contributed by atoms with E-state index in [2.05, 4.69) is 20.3 Å². The summed E-state index contributed by atoms with van der Waals surface area (Å²) in [5.41, 5.74) is 3.89. The van der Waals surface area contributed by atoms with Crippen molar-refractivity contribution in [1.82, 2.24) is 15.0 Å². The van der Waals surface area contributed by atoms with Gasteiger partial charge < -0.3 is 5.32 Å². The fourth-order valence-corrected chi connectivity index (χ4v) is 3.30. The maximum absolute atomic E-state index is 12.6. The number of amides is 1. The van der Waals surface area contributed by atoms with Crippen LogP contribution in [0.2, 0.25) is 0 Å². The molecular weight excluding hydrogens is 332 g/mol. The van der Waals surface area contributed by atoms with E-state index in [-0.39, 0.29) is 5.91 Å². The van der Waals surface area contributed by atoms with E-state index in [0.29, 0.717) is 11.6 Å². The van der Waals surface area contributed by atoms with Gasteiger partial charge in [-0.2, -0.15) is 0 Å². The fraction of sp³-hybridized carbons (Fsp3) is 0.263. The molecule has 1 aliphatic rings. The van der Waals surface area contributed by atoms with Crippen LogP contribution in [-0.2, 0) is 0 Å². The Morgan fingerprint density at radius 2 is 2.00 bits per heavy atom. The van der Waals surface area contributed by atoms with Crippen LogP contribution in [0.4, 0.5) is 5.69 Å². The second-order valence-electron chi connectivity index (χ2n) is 6.31. The van der Waals surface area contributed by atoms with Crippen molar-refractivity contribution in [3.05, 3.63) is 57.9 Å². The molecule has 1 saturated carbocycles. The summed E-state index contributed by atoms with van der Waals surface area (Å²) in [4.78, 5) is 26.0. The van der Waals surface area contributed by atoms with Gasteiger partial charge in [0.25, 0.3) is 5.91 Å². The second kappa shape index (κ2) is 6.37. The van der Waals surface area contributed by atoms with Crippen molar-refractivity contribution >= 4 is 22.9 Å². The van der Waals surface area contributed by atoms with Gasteiger partial charge in [-0.3, -0.25) is 4.79 Å². The van der Waals surface area contributed by atoms with Crippen molar-refractivity contribution < 1.29 is 4.79 Å². The summed E-state index contributed by atoms with van der Waals surface area (Å²) < 4.78 is 0. The molecule has 2 heterocycles. The van der Waals surface area contributed by atoms with Gasteiger partial charge in [-0.15, -0.1) is 11.3 Å². The van der Waals surface area contributed by atoms with E-state index in [1.54, 1.807) is 17.4 Å². The third-order valence-corrected chi connectivity index (χ3v) is 4.86. The Bertz CT molecular complexity index is 946. The predicted molar refractivity (Wildman–Crippen MR) is 99.0 cm³/mol. The third-order valence-electron chi connectivity index (χ3n) is 4.08. The van der Waals surface area contributed by atoms with E-state index in [1.165, 1.54) is 0 Å². The first-order valence-corrected chi connectivity index (χ1v) is 9.16. The average Bonchev–Trinajstić information content (AvgIpc) is 3.36. The molecule has 1 aliphatic carbocycles. The van der Waals surface area contributed by atoms with Crippen LogP contribution in [0.1, 0.15) is 45.8 Å². The zero-order valence-electron chi connectivity index (χ0n) is 14.1. The maximum atomic E-state index is 12.6. The average molecular weight is 350 g/mol. The highest BCUT2D eigenvalue weighted by molar-refractivity contribution is 7.09. The molecule has 0 bridgehead atoms. The molecule has 1 aromatic carbocycles. The van der Waals surface area contributed by atoms with Gasteiger partial charge in [0.05, 0.1) is 10.7 Å². The van der Waals surface area contributed by atoms with Gasteiger partial charge in [-0.1, -0.05) is 12.1 Å². The number of benzene rings is 1. The number of nitrogens with one attached hydrogen (secondary N) is 1. The lowest BCUT2D eigenvalue weighted by atomic mass is 10.1. The second-order valence-corrected chi connectivity index (χ2v) is 7.38. The molecule has 5 nitrogen and oxygen atoms in total. The minimum Gasteiger partial charge on any atom is -0.321 e. The molecule has 3 aromatic rings. The van der Waals surface area contributed by atoms with Crippen LogP contribution >= 0.6 is 11.3 Å². The van der Waals surface area contributed by atoms with Crippen molar-refractivity contribution in [2.24, 2.45) is 0 Å². The lowest BCUT2D eigenvalue weighted by molar-refractivity contribution is 0.102. The van der Waals surface area contributed by atoms with Gasteiger partial charge in [-0.05, 0) is 44.9 Å². The van der Waals surface area contributed by atoms with E-state index in [9.17, 15) is 4.79 Å². The molecular formula is C19H18N4OS. The highest BCUT2D eigenvalue weighted by atomic mass is 32.1. The number of thiazole rings is 1. The van der Waals surface area contributed by atoms with Crippen molar-refractivity contribution in [2.75, 3.05) is 5.32 Å². The molecule has 0 aliphatic heterocycles. The Morgan fingerprint density at radius 3 is 2.72 bits per heavy atom. The molecule has 2 aromatic heterocycles.